The summed E-state index contributed by atoms with van der Waals surface area (Å²) in [6, 6.07) is 8.53. The van der Waals surface area contributed by atoms with Crippen LogP contribution in [0.5, 0.6) is 0 Å². The number of carbonyl (C=O) groups is 1. The summed E-state index contributed by atoms with van der Waals surface area (Å²) in [6.45, 7) is 0. The Morgan fingerprint density at radius 2 is 2.00 bits per heavy atom. The van der Waals surface area contributed by atoms with Crippen LogP contribution in [0.3, 0.4) is 0 Å². The third kappa shape index (κ3) is 4.22. The molecule has 2 rings (SSSR count). The molecule has 7 heteroatoms. The number of carbonyl (C=O) groups excluding carboxylic acids is 1. The van der Waals surface area contributed by atoms with Crippen molar-refractivity contribution >= 4 is 27.8 Å². The summed E-state index contributed by atoms with van der Waals surface area (Å²) < 4.78 is 27.3. The van der Waals surface area contributed by atoms with Crippen molar-refractivity contribution in [2.24, 2.45) is 0 Å². The zero-order chi connectivity index (χ0) is 13.9. The summed E-state index contributed by atoms with van der Waals surface area (Å²) in [5, 5.41) is 2.82. The Morgan fingerprint density at radius 1 is 1.32 bits per heavy atom. The van der Waals surface area contributed by atoms with Crippen LogP contribution in [0.2, 0.25) is 0 Å². The summed E-state index contributed by atoms with van der Waals surface area (Å²) >= 11 is 1.56. The van der Waals surface area contributed by atoms with Crippen LogP contribution in [-0.2, 0) is 14.3 Å². The molecular weight excluding hydrogens is 286 g/mol. The number of thioether (sulfide) groups is 1. The van der Waals surface area contributed by atoms with Gasteiger partial charge in [-0.25, -0.2) is 0 Å². The molecule has 19 heavy (non-hydrogen) atoms. The number of rotatable bonds is 4. The van der Waals surface area contributed by atoms with E-state index in [1.165, 1.54) is 0 Å². The predicted molar refractivity (Wildman–Crippen MR) is 74.7 cm³/mol. The fourth-order valence-corrected chi connectivity index (χ4v) is 3.79. The highest BCUT2D eigenvalue weighted by molar-refractivity contribution is 7.99. The first kappa shape index (κ1) is 14.4. The summed E-state index contributed by atoms with van der Waals surface area (Å²) in [5.74, 6) is 1.00. The van der Waals surface area contributed by atoms with Gasteiger partial charge in [-0.1, -0.05) is 18.2 Å². The topological polar surface area (TPSA) is 72.5 Å². The van der Waals surface area contributed by atoms with Crippen LogP contribution >= 0.6 is 11.8 Å². The third-order valence-electron chi connectivity index (χ3n) is 2.68. The molecule has 1 aliphatic heterocycles. The zero-order valence-corrected chi connectivity index (χ0v) is 12.0. The van der Waals surface area contributed by atoms with Crippen LogP contribution in [0.15, 0.2) is 30.3 Å². The molecule has 0 saturated carbocycles. The molecular formula is C12H15NO4S2. The molecule has 0 radical (unpaired) electrons. The van der Waals surface area contributed by atoms with Crippen molar-refractivity contribution in [1.29, 1.82) is 0 Å². The molecule has 1 aromatic carbocycles. The van der Waals surface area contributed by atoms with E-state index in [1.54, 1.807) is 36.0 Å². The molecule has 1 N–H and O–H groups in total. The fourth-order valence-electron chi connectivity index (χ4n) is 1.83. The smallest absolute Gasteiger partial charge is 0.264 e. The summed E-state index contributed by atoms with van der Waals surface area (Å²) in [6.07, 6.45) is 0.527. The van der Waals surface area contributed by atoms with E-state index >= 15 is 0 Å². The van der Waals surface area contributed by atoms with Gasteiger partial charge in [-0.15, -0.1) is 0 Å². The van der Waals surface area contributed by atoms with Crippen molar-refractivity contribution in [1.82, 2.24) is 5.32 Å². The summed E-state index contributed by atoms with van der Waals surface area (Å²) in [4.78, 5) is 12.0. The van der Waals surface area contributed by atoms with E-state index in [9.17, 15) is 13.2 Å². The molecule has 1 aromatic rings. The SMILES string of the molecule is CS(=O)(=O)O[C@H]1CSC[C@H]1NC(=O)c1ccccc1. The second kappa shape index (κ2) is 5.94. The average Bonchev–Trinajstić information content (AvgIpc) is 2.75. The van der Waals surface area contributed by atoms with E-state index in [4.69, 9.17) is 4.18 Å². The minimum atomic E-state index is -3.51. The molecule has 1 amide bonds. The van der Waals surface area contributed by atoms with E-state index < -0.39 is 16.2 Å². The van der Waals surface area contributed by atoms with Crippen LogP contribution in [0.1, 0.15) is 10.4 Å². The molecule has 1 aliphatic rings. The van der Waals surface area contributed by atoms with Gasteiger partial charge < -0.3 is 5.32 Å². The van der Waals surface area contributed by atoms with E-state index in [0.29, 0.717) is 17.1 Å². The van der Waals surface area contributed by atoms with Crippen molar-refractivity contribution in [2.75, 3.05) is 17.8 Å². The third-order valence-corrected chi connectivity index (χ3v) is 4.44. The molecule has 0 bridgehead atoms. The Balaban J connectivity index is 2.00. The quantitative estimate of drug-likeness (QED) is 0.836. The zero-order valence-electron chi connectivity index (χ0n) is 10.4. The van der Waals surface area contributed by atoms with Crippen molar-refractivity contribution in [2.45, 2.75) is 12.1 Å². The van der Waals surface area contributed by atoms with Gasteiger partial charge in [0.05, 0.1) is 12.3 Å². The fraction of sp³-hybridized carbons (Fsp3) is 0.417. The minimum Gasteiger partial charge on any atom is -0.346 e. The first-order chi connectivity index (χ1) is 8.96. The molecule has 1 saturated heterocycles. The molecule has 1 fully saturated rings. The average molecular weight is 301 g/mol. The number of benzene rings is 1. The second-order valence-corrected chi connectivity index (χ2v) is 7.00. The number of amides is 1. The van der Waals surface area contributed by atoms with Crippen molar-refractivity contribution in [3.63, 3.8) is 0 Å². The lowest BCUT2D eigenvalue weighted by Crippen LogP contribution is -2.44. The van der Waals surface area contributed by atoms with Crippen LogP contribution in [0.25, 0.3) is 0 Å². The van der Waals surface area contributed by atoms with Gasteiger partial charge in [0.25, 0.3) is 16.0 Å². The molecule has 104 valence electrons. The maximum atomic E-state index is 12.0. The Morgan fingerprint density at radius 3 is 2.63 bits per heavy atom. The second-order valence-electron chi connectivity index (χ2n) is 4.32. The number of hydrogen-bond donors (Lipinski definition) is 1. The Hall–Kier alpha value is -1.05. The molecule has 0 spiro atoms. The Labute approximate surface area is 116 Å². The van der Waals surface area contributed by atoms with Gasteiger partial charge in [0.15, 0.2) is 0 Å². The molecule has 2 atom stereocenters. The molecule has 0 aliphatic carbocycles. The van der Waals surface area contributed by atoms with Gasteiger partial charge in [-0.3, -0.25) is 8.98 Å². The standard InChI is InChI=1S/C12H15NO4S2/c1-19(15,16)17-11-8-18-7-10(11)13-12(14)9-5-3-2-4-6-9/h2-6,10-11H,7-8H2,1H3,(H,13,14)/t10-,11+/m1/s1. The lowest BCUT2D eigenvalue weighted by Gasteiger charge is -2.19. The minimum absolute atomic E-state index is 0.213. The van der Waals surface area contributed by atoms with Crippen LogP contribution < -0.4 is 5.32 Å². The number of nitrogens with one attached hydrogen (secondary N) is 1. The Bertz CT molecular complexity index is 544. The number of hydrogen-bond acceptors (Lipinski definition) is 5. The van der Waals surface area contributed by atoms with Gasteiger partial charge in [0.2, 0.25) is 0 Å². The van der Waals surface area contributed by atoms with E-state index in [0.717, 1.165) is 6.26 Å². The van der Waals surface area contributed by atoms with Crippen LogP contribution in [0.4, 0.5) is 0 Å². The van der Waals surface area contributed by atoms with Crippen LogP contribution in [0, 0.1) is 0 Å². The largest absolute Gasteiger partial charge is 0.346 e. The first-order valence-corrected chi connectivity index (χ1v) is 8.75. The first-order valence-electron chi connectivity index (χ1n) is 5.77. The van der Waals surface area contributed by atoms with Gasteiger partial charge >= 0.3 is 0 Å². The highest BCUT2D eigenvalue weighted by Gasteiger charge is 2.32. The van der Waals surface area contributed by atoms with Gasteiger partial charge in [0, 0.05) is 17.1 Å². The van der Waals surface area contributed by atoms with Gasteiger partial charge in [-0.2, -0.15) is 20.2 Å². The maximum Gasteiger partial charge on any atom is 0.264 e. The lowest BCUT2D eigenvalue weighted by molar-refractivity contribution is 0.0906. The van der Waals surface area contributed by atoms with E-state index in [-0.39, 0.29) is 11.9 Å². The molecule has 0 unspecified atom stereocenters. The highest BCUT2D eigenvalue weighted by atomic mass is 32.2. The molecule has 5 nitrogen and oxygen atoms in total. The predicted octanol–water partition coefficient (Wildman–Crippen LogP) is 0.877. The van der Waals surface area contributed by atoms with Crippen molar-refractivity contribution < 1.29 is 17.4 Å². The molecule has 0 aromatic heterocycles. The maximum absolute atomic E-state index is 12.0. The monoisotopic (exact) mass is 301 g/mol. The highest BCUT2D eigenvalue weighted by Crippen LogP contribution is 2.22. The lowest BCUT2D eigenvalue weighted by atomic mass is 10.1. The van der Waals surface area contributed by atoms with E-state index in [2.05, 4.69) is 5.32 Å². The van der Waals surface area contributed by atoms with Crippen molar-refractivity contribution in [3.05, 3.63) is 35.9 Å². The Kier molecular flexibility index (Phi) is 4.49. The van der Waals surface area contributed by atoms with Crippen molar-refractivity contribution in [3.8, 4) is 0 Å². The normalized spacial score (nSPS) is 23.2. The summed E-state index contributed by atoms with van der Waals surface area (Å²) in [7, 11) is -3.51. The van der Waals surface area contributed by atoms with E-state index in [1.807, 2.05) is 6.07 Å². The van der Waals surface area contributed by atoms with Gasteiger partial charge in [0.1, 0.15) is 6.10 Å². The molecule has 1 heterocycles. The van der Waals surface area contributed by atoms with Gasteiger partial charge in [-0.05, 0) is 12.1 Å². The summed E-state index contributed by atoms with van der Waals surface area (Å²) in [5.41, 5.74) is 0.553. The van der Waals surface area contributed by atoms with Crippen LogP contribution in [-0.4, -0.2) is 44.2 Å².